The molecule has 0 rings (SSSR count). The molecule has 0 aromatic carbocycles. The van der Waals surface area contributed by atoms with E-state index < -0.39 is 0 Å². The van der Waals surface area contributed by atoms with Gasteiger partial charge in [0, 0.05) is 6.61 Å². The van der Waals surface area contributed by atoms with Gasteiger partial charge in [-0.2, -0.15) is 0 Å². The lowest BCUT2D eigenvalue weighted by atomic mass is 10.1. The second kappa shape index (κ2) is 21.3. The Bertz CT molecular complexity index is 180. The van der Waals surface area contributed by atoms with Crippen molar-refractivity contribution in [3.8, 4) is 0 Å². The van der Waals surface area contributed by atoms with Crippen LogP contribution in [0, 0.1) is 0 Å². The minimum absolute atomic E-state index is 0. The van der Waals surface area contributed by atoms with Crippen molar-refractivity contribution in [3.63, 3.8) is 0 Å². The summed E-state index contributed by atoms with van der Waals surface area (Å²) in [7, 11) is 0. The number of hydrogen-bond acceptors (Lipinski definition) is 1. The van der Waals surface area contributed by atoms with Crippen molar-refractivity contribution in [2.75, 3.05) is 6.61 Å². The van der Waals surface area contributed by atoms with Gasteiger partial charge in [-0.1, -0.05) is 76.9 Å². The van der Waals surface area contributed by atoms with Gasteiger partial charge >= 0.3 is 0 Å². The first-order valence-electron chi connectivity index (χ1n) is 8.67. The van der Waals surface area contributed by atoms with Crippen LogP contribution in [0.25, 0.3) is 0 Å². The average Bonchev–Trinajstić information content (AvgIpc) is 2.43. The molecule has 0 aliphatic heterocycles. The van der Waals surface area contributed by atoms with E-state index in [1.54, 1.807) is 0 Å². The standard InChI is InChI=1S/C18H36O.ClH/c1-2-3-4-5-6-7-8-9-10-11-12-13-14-15-16-17-18-19;/h9-10,19H,2-8,11-18H2,1H3;1H. The van der Waals surface area contributed by atoms with Crippen molar-refractivity contribution in [1.29, 1.82) is 0 Å². The van der Waals surface area contributed by atoms with Gasteiger partial charge in [-0.3, -0.25) is 0 Å². The second-order valence-electron chi connectivity index (χ2n) is 5.66. The number of halogens is 1. The summed E-state index contributed by atoms with van der Waals surface area (Å²) in [6.07, 6.45) is 23.2. The van der Waals surface area contributed by atoms with Crippen LogP contribution >= 0.6 is 12.4 Å². The van der Waals surface area contributed by atoms with Crippen molar-refractivity contribution in [2.24, 2.45) is 0 Å². The van der Waals surface area contributed by atoms with Gasteiger partial charge in [0.1, 0.15) is 0 Å². The van der Waals surface area contributed by atoms with Gasteiger partial charge < -0.3 is 5.11 Å². The van der Waals surface area contributed by atoms with Crippen LogP contribution < -0.4 is 0 Å². The zero-order valence-electron chi connectivity index (χ0n) is 13.6. The Morgan fingerprint density at radius 1 is 0.600 bits per heavy atom. The molecule has 0 unspecified atom stereocenters. The molecule has 0 aromatic rings. The van der Waals surface area contributed by atoms with Gasteiger partial charge in [0.05, 0.1) is 0 Å². The molecule has 0 bridgehead atoms. The highest BCUT2D eigenvalue weighted by Crippen LogP contribution is 2.09. The largest absolute Gasteiger partial charge is 0.396 e. The van der Waals surface area contributed by atoms with Crippen molar-refractivity contribution >= 4 is 12.4 Å². The maximum atomic E-state index is 8.66. The van der Waals surface area contributed by atoms with Gasteiger partial charge in [-0.25, -0.2) is 0 Å². The monoisotopic (exact) mass is 304 g/mol. The number of rotatable bonds is 15. The fourth-order valence-electron chi connectivity index (χ4n) is 2.36. The van der Waals surface area contributed by atoms with Gasteiger partial charge in [0.25, 0.3) is 0 Å². The summed E-state index contributed by atoms with van der Waals surface area (Å²) in [6, 6.07) is 0. The van der Waals surface area contributed by atoms with E-state index in [0.29, 0.717) is 6.61 Å². The van der Waals surface area contributed by atoms with E-state index in [2.05, 4.69) is 19.1 Å². The Morgan fingerprint density at radius 2 is 1.00 bits per heavy atom. The van der Waals surface area contributed by atoms with Gasteiger partial charge in [-0.15, -0.1) is 12.4 Å². The Balaban J connectivity index is 0. The molecule has 1 N–H and O–H groups in total. The van der Waals surface area contributed by atoms with Crippen LogP contribution in [-0.2, 0) is 0 Å². The lowest BCUT2D eigenvalue weighted by Gasteiger charge is -1.99. The molecule has 122 valence electrons. The molecular weight excluding hydrogens is 268 g/mol. The van der Waals surface area contributed by atoms with Crippen LogP contribution in [0.4, 0.5) is 0 Å². The summed E-state index contributed by atoms with van der Waals surface area (Å²) in [6.45, 7) is 2.64. The van der Waals surface area contributed by atoms with Crippen molar-refractivity contribution in [1.82, 2.24) is 0 Å². The van der Waals surface area contributed by atoms with Crippen molar-refractivity contribution in [2.45, 2.75) is 96.8 Å². The van der Waals surface area contributed by atoms with Crippen LogP contribution in [-0.4, -0.2) is 11.7 Å². The summed E-state index contributed by atoms with van der Waals surface area (Å²) in [5.74, 6) is 0. The van der Waals surface area contributed by atoms with E-state index in [-0.39, 0.29) is 12.4 Å². The number of aliphatic hydroxyl groups excluding tert-OH is 1. The van der Waals surface area contributed by atoms with Gasteiger partial charge in [0.2, 0.25) is 0 Å². The first-order chi connectivity index (χ1) is 9.41. The fourth-order valence-corrected chi connectivity index (χ4v) is 2.36. The normalized spacial score (nSPS) is 10.9. The van der Waals surface area contributed by atoms with E-state index in [1.807, 2.05) is 0 Å². The first-order valence-corrected chi connectivity index (χ1v) is 8.67. The summed E-state index contributed by atoms with van der Waals surface area (Å²) in [4.78, 5) is 0. The summed E-state index contributed by atoms with van der Waals surface area (Å²) in [5, 5.41) is 8.66. The molecule has 0 saturated carbocycles. The summed E-state index contributed by atoms with van der Waals surface area (Å²) in [5.41, 5.74) is 0. The van der Waals surface area contributed by atoms with Gasteiger partial charge in [-0.05, 0) is 32.1 Å². The molecule has 0 aromatic heterocycles. The molecule has 0 aliphatic carbocycles. The number of allylic oxidation sites excluding steroid dienone is 2. The molecule has 0 fully saturated rings. The van der Waals surface area contributed by atoms with Crippen LogP contribution in [0.1, 0.15) is 96.8 Å². The molecule has 0 radical (unpaired) electrons. The Labute approximate surface area is 133 Å². The zero-order valence-corrected chi connectivity index (χ0v) is 14.4. The molecule has 0 aliphatic rings. The highest BCUT2D eigenvalue weighted by Gasteiger charge is 1.90. The third kappa shape index (κ3) is 20.3. The maximum absolute atomic E-state index is 8.66. The van der Waals surface area contributed by atoms with E-state index in [9.17, 15) is 0 Å². The Hall–Kier alpha value is -0.0100. The highest BCUT2D eigenvalue weighted by molar-refractivity contribution is 5.85. The fraction of sp³-hybridized carbons (Fsp3) is 0.889. The predicted molar refractivity (Wildman–Crippen MR) is 93.8 cm³/mol. The second-order valence-corrected chi connectivity index (χ2v) is 5.66. The quantitative estimate of drug-likeness (QED) is 0.273. The molecule has 20 heavy (non-hydrogen) atoms. The molecule has 0 atom stereocenters. The predicted octanol–water partition coefficient (Wildman–Crippen LogP) is 6.44. The molecule has 0 amide bonds. The van der Waals surface area contributed by atoms with E-state index in [1.165, 1.54) is 83.5 Å². The molecule has 0 spiro atoms. The number of aliphatic hydroxyl groups is 1. The van der Waals surface area contributed by atoms with Crippen molar-refractivity contribution in [3.05, 3.63) is 12.2 Å². The summed E-state index contributed by atoms with van der Waals surface area (Å²) >= 11 is 0. The van der Waals surface area contributed by atoms with E-state index in [4.69, 9.17) is 5.11 Å². The Kier molecular flexibility index (Phi) is 23.7. The van der Waals surface area contributed by atoms with Gasteiger partial charge in [0.15, 0.2) is 0 Å². The van der Waals surface area contributed by atoms with Crippen LogP contribution in [0.5, 0.6) is 0 Å². The molecule has 0 heterocycles. The van der Waals surface area contributed by atoms with Crippen LogP contribution in [0.15, 0.2) is 12.2 Å². The molecule has 0 saturated heterocycles. The van der Waals surface area contributed by atoms with Crippen molar-refractivity contribution < 1.29 is 5.11 Å². The zero-order chi connectivity index (χ0) is 14.0. The lowest BCUT2D eigenvalue weighted by molar-refractivity contribution is 0.282. The average molecular weight is 305 g/mol. The summed E-state index contributed by atoms with van der Waals surface area (Å²) < 4.78 is 0. The third-order valence-electron chi connectivity index (χ3n) is 3.67. The first kappa shape index (κ1) is 22.3. The smallest absolute Gasteiger partial charge is 0.0431 e. The van der Waals surface area contributed by atoms with E-state index >= 15 is 0 Å². The molecule has 1 nitrogen and oxygen atoms in total. The van der Waals surface area contributed by atoms with E-state index in [0.717, 1.165) is 6.42 Å². The van der Waals surface area contributed by atoms with Crippen LogP contribution in [0.2, 0.25) is 0 Å². The molecular formula is C18H37ClO. The third-order valence-corrected chi connectivity index (χ3v) is 3.67. The Morgan fingerprint density at radius 3 is 1.45 bits per heavy atom. The topological polar surface area (TPSA) is 20.2 Å². The number of hydrogen-bond donors (Lipinski definition) is 1. The molecule has 2 heteroatoms. The highest BCUT2D eigenvalue weighted by atomic mass is 35.5. The number of unbranched alkanes of at least 4 members (excludes halogenated alkanes) is 12. The maximum Gasteiger partial charge on any atom is 0.0431 e. The minimum atomic E-state index is 0. The SMILES string of the molecule is CCCCCCCCC=CCCCCCCCCO.Cl. The minimum Gasteiger partial charge on any atom is -0.396 e. The lowest BCUT2D eigenvalue weighted by Crippen LogP contribution is -1.83. The van der Waals surface area contributed by atoms with Crippen LogP contribution in [0.3, 0.4) is 0 Å².